The summed E-state index contributed by atoms with van der Waals surface area (Å²) in [6.07, 6.45) is 2.99. The number of hydrogen-bond acceptors (Lipinski definition) is 1. The van der Waals surface area contributed by atoms with Crippen LogP contribution in [0.25, 0.3) is 0 Å². The van der Waals surface area contributed by atoms with Gasteiger partial charge in [0.2, 0.25) is 0 Å². The third-order valence-corrected chi connectivity index (χ3v) is 3.08. The first kappa shape index (κ1) is 10.8. The summed E-state index contributed by atoms with van der Waals surface area (Å²) in [6.45, 7) is 0. The van der Waals surface area contributed by atoms with E-state index in [0.717, 1.165) is 20.6 Å². The lowest BCUT2D eigenvalue weighted by Gasteiger charge is -2.08. The van der Waals surface area contributed by atoms with Crippen LogP contribution >= 0.6 is 31.9 Å². The van der Waals surface area contributed by atoms with Gasteiger partial charge in [-0.2, -0.15) is 0 Å². The van der Waals surface area contributed by atoms with Gasteiger partial charge in [-0.3, -0.25) is 0 Å². The van der Waals surface area contributed by atoms with Gasteiger partial charge in [-0.1, -0.05) is 15.9 Å². The highest BCUT2D eigenvalue weighted by molar-refractivity contribution is 9.11. The molecule has 1 aromatic carbocycles. The van der Waals surface area contributed by atoms with Crippen molar-refractivity contribution in [2.45, 2.75) is 0 Å². The molecule has 0 amide bonds. The lowest BCUT2D eigenvalue weighted by atomic mass is 10.3. The van der Waals surface area contributed by atoms with Gasteiger partial charge >= 0.3 is 0 Å². The van der Waals surface area contributed by atoms with Crippen molar-refractivity contribution >= 4 is 31.9 Å². The Balaban J connectivity index is 2.32. The fraction of sp³-hybridized carbons (Fsp3) is 0.0909. The monoisotopic (exact) mass is 328 g/mol. The molecule has 0 bridgehead atoms. The Morgan fingerprint density at radius 1 is 1.27 bits per heavy atom. The highest BCUT2D eigenvalue weighted by Gasteiger charge is 2.05. The van der Waals surface area contributed by atoms with Gasteiger partial charge in [-0.25, -0.2) is 0 Å². The normalized spacial score (nSPS) is 10.3. The Bertz CT molecular complexity index is 479. The smallest absolute Gasteiger partial charge is 0.200 e. The summed E-state index contributed by atoms with van der Waals surface area (Å²) in [6, 6.07) is 9.49. The Labute approximate surface area is 105 Å². The zero-order chi connectivity index (χ0) is 10.8. The van der Waals surface area contributed by atoms with Crippen LogP contribution in [-0.2, 0) is 7.05 Å². The van der Waals surface area contributed by atoms with Gasteiger partial charge in [0.15, 0.2) is 5.88 Å². The molecule has 0 spiro atoms. The van der Waals surface area contributed by atoms with Crippen molar-refractivity contribution in [2.75, 3.05) is 0 Å². The molecule has 2 nitrogen and oxygen atoms in total. The van der Waals surface area contributed by atoms with Crippen molar-refractivity contribution in [3.8, 4) is 11.6 Å². The SMILES string of the molecule is Cn1[c]ccc1Oc1cc(Br)ccc1Br. The van der Waals surface area contributed by atoms with Crippen molar-refractivity contribution in [1.82, 2.24) is 4.57 Å². The molecule has 1 radical (unpaired) electrons. The Hall–Kier alpha value is -0.740. The minimum atomic E-state index is 0.758. The number of halogens is 2. The van der Waals surface area contributed by atoms with Crippen molar-refractivity contribution < 1.29 is 4.74 Å². The lowest BCUT2D eigenvalue weighted by Crippen LogP contribution is -1.92. The van der Waals surface area contributed by atoms with Crippen LogP contribution in [0.15, 0.2) is 39.3 Å². The molecule has 0 atom stereocenters. The van der Waals surface area contributed by atoms with Gasteiger partial charge < -0.3 is 9.30 Å². The molecule has 2 rings (SSSR count). The standard InChI is InChI=1S/C11H8Br2NO/c1-14-6-2-3-11(14)15-10-7-8(12)4-5-9(10)13/h2-5,7H,1H3. The second kappa shape index (κ2) is 4.41. The van der Waals surface area contributed by atoms with Crippen molar-refractivity contribution in [2.24, 2.45) is 7.05 Å². The van der Waals surface area contributed by atoms with Gasteiger partial charge in [0.1, 0.15) is 5.75 Å². The van der Waals surface area contributed by atoms with Gasteiger partial charge in [0, 0.05) is 17.6 Å². The molecular formula is C11H8Br2NO. The number of ether oxygens (including phenoxy) is 1. The van der Waals surface area contributed by atoms with Crippen LogP contribution in [0.1, 0.15) is 0 Å². The quantitative estimate of drug-likeness (QED) is 0.807. The van der Waals surface area contributed by atoms with Gasteiger partial charge in [-0.15, -0.1) is 0 Å². The van der Waals surface area contributed by atoms with Crippen LogP contribution in [0.3, 0.4) is 0 Å². The summed E-state index contributed by atoms with van der Waals surface area (Å²) in [5.41, 5.74) is 0. The molecule has 0 unspecified atom stereocenters. The molecule has 2 aromatic rings. The van der Waals surface area contributed by atoms with E-state index in [-0.39, 0.29) is 0 Å². The second-order valence-corrected chi connectivity index (χ2v) is 4.81. The number of aromatic nitrogens is 1. The fourth-order valence-electron chi connectivity index (χ4n) is 1.17. The molecule has 0 aliphatic rings. The fourth-order valence-corrected chi connectivity index (χ4v) is 1.83. The van der Waals surface area contributed by atoms with E-state index in [4.69, 9.17) is 4.74 Å². The molecule has 0 aliphatic heterocycles. The average molecular weight is 330 g/mol. The molecule has 0 fully saturated rings. The summed E-state index contributed by atoms with van der Waals surface area (Å²) in [5, 5.41) is 0. The second-order valence-electron chi connectivity index (χ2n) is 3.04. The molecular weight excluding hydrogens is 322 g/mol. The van der Waals surface area contributed by atoms with Crippen LogP contribution in [0.2, 0.25) is 0 Å². The molecule has 15 heavy (non-hydrogen) atoms. The first-order valence-corrected chi connectivity index (χ1v) is 5.92. The number of hydrogen-bond donors (Lipinski definition) is 0. The summed E-state index contributed by atoms with van der Waals surface area (Å²) in [7, 11) is 1.89. The van der Waals surface area contributed by atoms with Crippen LogP contribution in [-0.4, -0.2) is 4.57 Å². The highest BCUT2D eigenvalue weighted by atomic mass is 79.9. The Morgan fingerprint density at radius 3 is 2.73 bits per heavy atom. The Kier molecular flexibility index (Phi) is 3.17. The van der Waals surface area contributed by atoms with Gasteiger partial charge in [0.25, 0.3) is 0 Å². The lowest BCUT2D eigenvalue weighted by molar-refractivity contribution is 0.440. The van der Waals surface area contributed by atoms with E-state index in [2.05, 4.69) is 38.1 Å². The summed E-state index contributed by atoms with van der Waals surface area (Å²) in [4.78, 5) is 0. The van der Waals surface area contributed by atoms with E-state index in [1.165, 1.54) is 0 Å². The first-order valence-electron chi connectivity index (χ1n) is 4.33. The molecule has 1 heterocycles. The van der Waals surface area contributed by atoms with E-state index in [1.54, 1.807) is 4.57 Å². The van der Waals surface area contributed by atoms with Crippen LogP contribution in [0.5, 0.6) is 11.6 Å². The Morgan fingerprint density at radius 2 is 2.07 bits per heavy atom. The van der Waals surface area contributed by atoms with E-state index >= 15 is 0 Å². The van der Waals surface area contributed by atoms with E-state index < -0.39 is 0 Å². The third-order valence-electron chi connectivity index (χ3n) is 1.93. The van der Waals surface area contributed by atoms with Crippen molar-refractivity contribution in [3.63, 3.8) is 0 Å². The summed E-state index contributed by atoms with van der Waals surface area (Å²) in [5.74, 6) is 1.54. The average Bonchev–Trinajstić information content (AvgIpc) is 2.58. The largest absolute Gasteiger partial charge is 0.440 e. The minimum Gasteiger partial charge on any atom is -0.440 e. The van der Waals surface area contributed by atoms with E-state index in [0.29, 0.717) is 0 Å². The first-order chi connectivity index (χ1) is 7.16. The van der Waals surface area contributed by atoms with Gasteiger partial charge in [-0.05, 0) is 40.2 Å². The maximum absolute atomic E-state index is 5.72. The summed E-state index contributed by atoms with van der Waals surface area (Å²) < 4.78 is 9.42. The number of aryl methyl sites for hydroxylation is 1. The summed E-state index contributed by atoms with van der Waals surface area (Å²) >= 11 is 6.84. The van der Waals surface area contributed by atoms with E-state index in [1.807, 2.05) is 37.4 Å². The van der Waals surface area contributed by atoms with Crippen molar-refractivity contribution in [3.05, 3.63) is 45.5 Å². The van der Waals surface area contributed by atoms with Crippen LogP contribution in [0, 0.1) is 6.20 Å². The number of benzene rings is 1. The molecule has 0 saturated heterocycles. The molecule has 77 valence electrons. The topological polar surface area (TPSA) is 14.2 Å². The zero-order valence-corrected chi connectivity index (χ0v) is 11.2. The minimum absolute atomic E-state index is 0.758. The third kappa shape index (κ3) is 2.44. The van der Waals surface area contributed by atoms with Gasteiger partial charge in [0.05, 0.1) is 10.7 Å². The predicted octanol–water partition coefficient (Wildman–Crippen LogP) is 4.14. The molecule has 0 aliphatic carbocycles. The number of nitrogens with zero attached hydrogens (tertiary/aromatic N) is 1. The van der Waals surface area contributed by atoms with Crippen molar-refractivity contribution in [1.29, 1.82) is 0 Å². The maximum Gasteiger partial charge on any atom is 0.200 e. The zero-order valence-electron chi connectivity index (χ0n) is 8.00. The highest BCUT2D eigenvalue weighted by Crippen LogP contribution is 2.32. The molecule has 0 N–H and O–H groups in total. The number of rotatable bonds is 2. The molecule has 0 saturated carbocycles. The van der Waals surface area contributed by atoms with Crippen LogP contribution in [0.4, 0.5) is 0 Å². The maximum atomic E-state index is 5.72. The van der Waals surface area contributed by atoms with Crippen LogP contribution < -0.4 is 4.74 Å². The predicted molar refractivity (Wildman–Crippen MR) is 66.2 cm³/mol. The van der Waals surface area contributed by atoms with E-state index in [9.17, 15) is 0 Å². The molecule has 4 heteroatoms. The molecule has 1 aromatic heterocycles.